The maximum Gasteiger partial charge on any atom is 0.749 e. The van der Waals surface area contributed by atoms with Crippen LogP contribution in [0.25, 0.3) is 0 Å². The highest BCUT2D eigenvalue weighted by Gasteiger charge is 2.47. The van der Waals surface area contributed by atoms with Crippen molar-refractivity contribution in [3.05, 3.63) is 12.8 Å². The predicted octanol–water partition coefficient (Wildman–Crippen LogP) is 13.4. The Labute approximate surface area is 272 Å². The minimum absolute atomic E-state index is 0.645. The highest BCUT2D eigenvalue weighted by Crippen LogP contribution is 2.18. The third-order valence-electron chi connectivity index (χ3n) is 8.56. The first-order chi connectivity index (χ1) is 21.2. The molecule has 0 aliphatic carbocycles. The molecule has 258 valence electrons. The summed E-state index contributed by atoms with van der Waals surface area (Å²) >= 11 is 0. The van der Waals surface area contributed by atoms with E-state index in [4.69, 9.17) is 17.7 Å². The van der Waals surface area contributed by atoms with Crippen LogP contribution in [0.3, 0.4) is 0 Å². The lowest BCUT2D eigenvalue weighted by atomic mass is 10.1. The molecule has 0 spiro atoms. The van der Waals surface area contributed by atoms with Gasteiger partial charge in [0.1, 0.15) is 0 Å². The van der Waals surface area contributed by atoms with Crippen molar-refractivity contribution in [2.75, 3.05) is 19.8 Å². The van der Waals surface area contributed by atoms with Gasteiger partial charge in [0.25, 0.3) is 0 Å². The molecule has 0 rings (SSSR count). The monoisotopic (exact) mass is 627 g/mol. The Morgan fingerprint density at radius 3 is 0.767 bits per heavy atom. The van der Waals surface area contributed by atoms with Crippen LogP contribution < -0.4 is 0 Å². The van der Waals surface area contributed by atoms with E-state index in [1.807, 2.05) is 0 Å². The van der Waals surface area contributed by atoms with E-state index in [9.17, 15) is 0 Å². The Morgan fingerprint density at radius 2 is 0.558 bits per heavy atom. The number of rotatable bonds is 38. The van der Waals surface area contributed by atoms with E-state index in [0.29, 0.717) is 19.8 Å². The van der Waals surface area contributed by atoms with Gasteiger partial charge in [0, 0.05) is 19.8 Å². The van der Waals surface area contributed by atoms with Crippen molar-refractivity contribution >= 4 is 9.05 Å². The van der Waals surface area contributed by atoms with E-state index in [1.165, 1.54) is 180 Å². The van der Waals surface area contributed by atoms with Gasteiger partial charge in [-0.1, -0.05) is 201 Å². The van der Waals surface area contributed by atoms with Gasteiger partial charge in [0.05, 0.1) is 6.26 Å². The van der Waals surface area contributed by atoms with Gasteiger partial charge in [-0.3, -0.25) is 0 Å². The summed E-state index contributed by atoms with van der Waals surface area (Å²) in [5, 5.41) is 0. The molecule has 0 aromatic rings. The van der Waals surface area contributed by atoms with E-state index in [-0.39, 0.29) is 0 Å². The quantitative estimate of drug-likeness (QED) is 0.0388. The summed E-state index contributed by atoms with van der Waals surface area (Å²) in [7, 11) is -3.20. The molecule has 0 heterocycles. The molecular formula is C38H78O4Si. The highest BCUT2D eigenvalue weighted by atomic mass is 28.4. The van der Waals surface area contributed by atoms with Crippen LogP contribution in [0, 0.1) is 0 Å². The minimum atomic E-state index is -3.20. The molecule has 43 heavy (non-hydrogen) atoms. The molecule has 0 unspecified atom stereocenters. The Balaban J connectivity index is 4.35. The van der Waals surface area contributed by atoms with Gasteiger partial charge in [-0.05, 0) is 19.3 Å². The molecule has 0 fully saturated rings. The summed E-state index contributed by atoms with van der Waals surface area (Å²) in [4.78, 5) is 0. The lowest BCUT2D eigenvalue weighted by Gasteiger charge is -2.27. The van der Waals surface area contributed by atoms with Crippen molar-refractivity contribution in [3.63, 3.8) is 0 Å². The smallest absolute Gasteiger partial charge is 0.487 e. The van der Waals surface area contributed by atoms with Gasteiger partial charge in [-0.2, -0.15) is 0 Å². The van der Waals surface area contributed by atoms with Crippen molar-refractivity contribution in [1.29, 1.82) is 0 Å². The molecule has 0 aliphatic rings. The van der Waals surface area contributed by atoms with E-state index in [1.54, 1.807) is 0 Å². The van der Waals surface area contributed by atoms with E-state index < -0.39 is 9.05 Å². The average Bonchev–Trinajstić information content (AvgIpc) is 3.01. The van der Waals surface area contributed by atoms with Crippen molar-refractivity contribution in [3.8, 4) is 0 Å². The average molecular weight is 627 g/mol. The zero-order chi connectivity index (χ0) is 31.4. The maximum absolute atomic E-state index is 6.33. The van der Waals surface area contributed by atoms with Crippen LogP contribution in [0.15, 0.2) is 12.8 Å². The second kappa shape index (κ2) is 36.1. The topological polar surface area (TPSA) is 36.9 Å². The summed E-state index contributed by atoms with van der Waals surface area (Å²) < 4.78 is 24.9. The molecule has 0 N–H and O–H groups in total. The lowest BCUT2D eigenvalue weighted by Crippen LogP contribution is -2.48. The van der Waals surface area contributed by atoms with Gasteiger partial charge >= 0.3 is 9.05 Å². The first-order valence-corrected chi connectivity index (χ1v) is 21.1. The number of hydrogen-bond acceptors (Lipinski definition) is 4. The first kappa shape index (κ1) is 42.6. The molecule has 0 saturated carbocycles. The molecule has 5 heteroatoms. The molecule has 0 radical (unpaired) electrons. The summed E-state index contributed by atoms with van der Waals surface area (Å²) in [5.74, 6) is 0. The second-order valence-corrected chi connectivity index (χ2v) is 15.0. The molecule has 0 amide bonds. The minimum Gasteiger partial charge on any atom is -0.487 e. The molecule has 0 bridgehead atoms. The largest absolute Gasteiger partial charge is 0.749 e. The van der Waals surface area contributed by atoms with Gasteiger partial charge < -0.3 is 17.7 Å². The van der Waals surface area contributed by atoms with Crippen molar-refractivity contribution in [2.45, 2.75) is 213 Å². The summed E-state index contributed by atoms with van der Waals surface area (Å²) in [6.07, 6.45) is 40.8. The highest BCUT2D eigenvalue weighted by molar-refractivity contribution is 6.53. The Morgan fingerprint density at radius 1 is 0.349 bits per heavy atom. The van der Waals surface area contributed by atoms with E-state index in [0.717, 1.165) is 19.3 Å². The summed E-state index contributed by atoms with van der Waals surface area (Å²) in [6, 6.07) is 0. The number of hydrogen-bond donors (Lipinski definition) is 0. The number of unbranched alkanes of at least 4 members (excludes halogenated alkanes) is 27. The third-order valence-corrected chi connectivity index (χ3v) is 10.7. The van der Waals surface area contributed by atoms with E-state index >= 15 is 0 Å². The fourth-order valence-corrected chi connectivity index (χ4v) is 7.53. The van der Waals surface area contributed by atoms with Crippen molar-refractivity contribution in [2.24, 2.45) is 0 Å². The predicted molar refractivity (Wildman–Crippen MR) is 190 cm³/mol. The SMILES string of the molecule is C=CO[Si](OCCCCCCCCCCCC)(OCCCCCCCCCCCC)OCCCCCCCCCCCC. The molecule has 0 aromatic carbocycles. The second-order valence-electron chi connectivity index (χ2n) is 12.9. The van der Waals surface area contributed by atoms with Crippen LogP contribution >= 0.6 is 0 Å². The lowest BCUT2D eigenvalue weighted by molar-refractivity contribution is -0.0149. The third kappa shape index (κ3) is 31.4. The molecule has 0 aliphatic heterocycles. The fraction of sp³-hybridized carbons (Fsp3) is 0.947. The van der Waals surface area contributed by atoms with E-state index in [2.05, 4.69) is 27.4 Å². The van der Waals surface area contributed by atoms with Gasteiger partial charge in [0.2, 0.25) is 0 Å². The van der Waals surface area contributed by atoms with Crippen LogP contribution in [-0.4, -0.2) is 28.9 Å². The van der Waals surface area contributed by atoms with Crippen molar-refractivity contribution in [1.82, 2.24) is 0 Å². The molecule has 0 aromatic heterocycles. The van der Waals surface area contributed by atoms with Gasteiger partial charge in [0.15, 0.2) is 0 Å². The zero-order valence-corrected chi connectivity index (χ0v) is 30.8. The van der Waals surface area contributed by atoms with Crippen molar-refractivity contribution < 1.29 is 17.7 Å². The van der Waals surface area contributed by atoms with Crippen LogP contribution in [0.4, 0.5) is 0 Å². The first-order valence-electron chi connectivity index (χ1n) is 19.4. The fourth-order valence-electron chi connectivity index (χ4n) is 5.69. The van der Waals surface area contributed by atoms with Gasteiger partial charge in [-0.25, -0.2) is 0 Å². The van der Waals surface area contributed by atoms with Crippen LogP contribution in [0.2, 0.25) is 0 Å². The Hall–Kier alpha value is -0.363. The molecule has 0 saturated heterocycles. The van der Waals surface area contributed by atoms with Crippen LogP contribution in [0.5, 0.6) is 0 Å². The zero-order valence-electron chi connectivity index (χ0n) is 29.8. The van der Waals surface area contributed by atoms with Crippen LogP contribution in [-0.2, 0) is 17.7 Å². The maximum atomic E-state index is 6.33. The summed E-state index contributed by atoms with van der Waals surface area (Å²) in [6.45, 7) is 12.6. The summed E-state index contributed by atoms with van der Waals surface area (Å²) in [5.41, 5.74) is 0. The Bertz CT molecular complexity index is 466. The van der Waals surface area contributed by atoms with Crippen LogP contribution in [0.1, 0.15) is 213 Å². The normalized spacial score (nSPS) is 11.8. The molecule has 4 nitrogen and oxygen atoms in total. The molecule has 0 atom stereocenters. The van der Waals surface area contributed by atoms with Gasteiger partial charge in [-0.15, -0.1) is 0 Å². The molecular weight excluding hydrogens is 549 g/mol. The Kier molecular flexibility index (Phi) is 35.8. The standard InChI is InChI=1S/C38H78O4Si/c1-5-9-12-15-18-21-24-27-30-33-36-40-43(39-8-4,41-37-34-31-28-25-22-19-16-13-10-6-2)42-38-35-32-29-26-23-20-17-14-11-7-3/h8H,4-7,9-38H2,1-3H3.